The Labute approximate surface area is 183 Å². The van der Waals surface area contributed by atoms with Gasteiger partial charge in [-0.05, 0) is 46.9 Å². The van der Waals surface area contributed by atoms with Gasteiger partial charge in [-0.25, -0.2) is 0 Å². The van der Waals surface area contributed by atoms with E-state index in [2.05, 4.69) is 19.1 Å². The number of nitrogens with zero attached hydrogens (tertiary/aromatic N) is 1. The fourth-order valence-corrected chi connectivity index (χ4v) is 3.36. The molecule has 4 nitrogen and oxygen atoms in total. The molecule has 0 aliphatic carbocycles. The summed E-state index contributed by atoms with van der Waals surface area (Å²) in [6.45, 7) is 3.45. The van der Waals surface area contributed by atoms with Crippen molar-refractivity contribution in [3.05, 3.63) is 113 Å². The van der Waals surface area contributed by atoms with Crippen molar-refractivity contribution in [3.63, 3.8) is 0 Å². The SMILES string of the molecule is Cc1ccc(CN)cc1-c1ccc(OCc2ccccc2)nc1OCc1ccccc1. The van der Waals surface area contributed by atoms with E-state index in [0.29, 0.717) is 31.5 Å². The van der Waals surface area contributed by atoms with Crippen LogP contribution in [0, 0.1) is 6.92 Å². The molecule has 0 spiro atoms. The summed E-state index contributed by atoms with van der Waals surface area (Å²) in [5.41, 5.74) is 12.2. The molecule has 31 heavy (non-hydrogen) atoms. The van der Waals surface area contributed by atoms with Gasteiger partial charge in [0.15, 0.2) is 0 Å². The van der Waals surface area contributed by atoms with Crippen molar-refractivity contribution in [3.8, 4) is 22.9 Å². The van der Waals surface area contributed by atoms with Crippen molar-refractivity contribution in [2.45, 2.75) is 26.7 Å². The highest BCUT2D eigenvalue weighted by Gasteiger charge is 2.14. The predicted octanol–water partition coefficient (Wildman–Crippen LogP) is 5.67. The minimum atomic E-state index is 0.429. The topological polar surface area (TPSA) is 57.4 Å². The summed E-state index contributed by atoms with van der Waals surface area (Å²) in [6.07, 6.45) is 0. The summed E-state index contributed by atoms with van der Waals surface area (Å²) < 4.78 is 12.1. The van der Waals surface area contributed by atoms with Crippen molar-refractivity contribution < 1.29 is 9.47 Å². The molecule has 2 N–H and O–H groups in total. The standard InChI is InChI=1S/C27H26N2O2/c1-20-12-13-23(17-28)16-25(20)24-14-15-26(30-18-21-8-4-2-5-9-21)29-27(24)31-19-22-10-6-3-7-11-22/h2-16H,17-19,28H2,1H3. The lowest BCUT2D eigenvalue weighted by Gasteiger charge is -2.15. The van der Waals surface area contributed by atoms with Gasteiger partial charge in [-0.15, -0.1) is 0 Å². The molecule has 4 heteroatoms. The molecule has 1 aromatic heterocycles. The number of aryl methyl sites for hydroxylation is 1. The molecule has 0 saturated heterocycles. The van der Waals surface area contributed by atoms with Gasteiger partial charge in [-0.3, -0.25) is 0 Å². The summed E-state index contributed by atoms with van der Waals surface area (Å²) in [5, 5.41) is 0. The molecule has 0 saturated carbocycles. The molecule has 0 atom stereocenters. The van der Waals surface area contributed by atoms with Crippen molar-refractivity contribution in [1.82, 2.24) is 4.98 Å². The summed E-state index contributed by atoms with van der Waals surface area (Å²) in [4.78, 5) is 4.70. The maximum Gasteiger partial charge on any atom is 0.225 e. The van der Waals surface area contributed by atoms with E-state index >= 15 is 0 Å². The van der Waals surface area contributed by atoms with Crippen LogP contribution in [-0.2, 0) is 19.8 Å². The average Bonchev–Trinajstić information content (AvgIpc) is 2.83. The van der Waals surface area contributed by atoms with Gasteiger partial charge in [0, 0.05) is 18.2 Å². The minimum absolute atomic E-state index is 0.429. The third kappa shape index (κ3) is 5.30. The van der Waals surface area contributed by atoms with Crippen molar-refractivity contribution in [2.75, 3.05) is 0 Å². The van der Waals surface area contributed by atoms with Gasteiger partial charge in [0.25, 0.3) is 0 Å². The largest absolute Gasteiger partial charge is 0.473 e. The zero-order valence-electron chi connectivity index (χ0n) is 17.6. The lowest BCUT2D eigenvalue weighted by Crippen LogP contribution is -2.03. The maximum absolute atomic E-state index is 6.18. The summed E-state index contributed by atoms with van der Waals surface area (Å²) in [6, 6.07) is 30.3. The molecule has 3 aromatic carbocycles. The number of pyridine rings is 1. The first kappa shape index (κ1) is 20.6. The van der Waals surface area contributed by atoms with Gasteiger partial charge in [0.2, 0.25) is 11.8 Å². The highest BCUT2D eigenvalue weighted by molar-refractivity contribution is 5.72. The molecular weight excluding hydrogens is 384 g/mol. The van der Waals surface area contributed by atoms with E-state index in [1.165, 1.54) is 0 Å². The third-order valence-corrected chi connectivity index (χ3v) is 5.11. The van der Waals surface area contributed by atoms with E-state index in [0.717, 1.165) is 33.4 Å². The minimum Gasteiger partial charge on any atom is -0.473 e. The number of ether oxygens (including phenoxy) is 2. The number of benzene rings is 3. The van der Waals surface area contributed by atoms with Crippen LogP contribution in [0.25, 0.3) is 11.1 Å². The van der Waals surface area contributed by atoms with Crippen LogP contribution in [-0.4, -0.2) is 4.98 Å². The van der Waals surface area contributed by atoms with Crippen LogP contribution in [0.4, 0.5) is 0 Å². The summed E-state index contributed by atoms with van der Waals surface area (Å²) in [7, 11) is 0. The summed E-state index contributed by atoms with van der Waals surface area (Å²) >= 11 is 0. The molecule has 0 radical (unpaired) electrons. The van der Waals surface area contributed by atoms with Crippen LogP contribution in [0.2, 0.25) is 0 Å². The van der Waals surface area contributed by atoms with Gasteiger partial charge in [-0.2, -0.15) is 4.98 Å². The van der Waals surface area contributed by atoms with Gasteiger partial charge in [0.1, 0.15) is 13.2 Å². The molecule has 4 aromatic rings. The Kier molecular flexibility index (Phi) is 6.60. The quantitative estimate of drug-likeness (QED) is 0.406. The Morgan fingerprint density at radius 2 is 1.32 bits per heavy atom. The van der Waals surface area contributed by atoms with Crippen molar-refractivity contribution in [2.24, 2.45) is 5.73 Å². The molecule has 4 rings (SSSR count). The predicted molar refractivity (Wildman–Crippen MR) is 124 cm³/mol. The Hall–Kier alpha value is -3.63. The lowest BCUT2D eigenvalue weighted by molar-refractivity contribution is 0.268. The van der Waals surface area contributed by atoms with Gasteiger partial charge < -0.3 is 15.2 Å². The lowest BCUT2D eigenvalue weighted by atomic mass is 9.99. The number of hydrogen-bond acceptors (Lipinski definition) is 4. The third-order valence-electron chi connectivity index (χ3n) is 5.11. The van der Waals surface area contributed by atoms with Crippen LogP contribution in [0.1, 0.15) is 22.3 Å². The highest BCUT2D eigenvalue weighted by Crippen LogP contribution is 2.34. The Morgan fingerprint density at radius 3 is 1.97 bits per heavy atom. The number of rotatable bonds is 8. The van der Waals surface area contributed by atoms with Crippen LogP contribution in [0.5, 0.6) is 11.8 Å². The van der Waals surface area contributed by atoms with E-state index in [4.69, 9.17) is 20.2 Å². The smallest absolute Gasteiger partial charge is 0.225 e. The highest BCUT2D eigenvalue weighted by atomic mass is 16.5. The number of nitrogens with two attached hydrogens (primary N) is 1. The molecule has 0 fully saturated rings. The molecule has 0 bridgehead atoms. The number of hydrogen-bond donors (Lipinski definition) is 1. The summed E-state index contributed by atoms with van der Waals surface area (Å²) in [5.74, 6) is 1.08. The fraction of sp³-hybridized carbons (Fsp3) is 0.148. The molecule has 1 heterocycles. The monoisotopic (exact) mass is 410 g/mol. The van der Waals surface area contributed by atoms with Crippen LogP contribution in [0.15, 0.2) is 91.0 Å². The molecule has 0 aliphatic heterocycles. The molecular formula is C27H26N2O2. The van der Waals surface area contributed by atoms with Crippen molar-refractivity contribution >= 4 is 0 Å². The van der Waals surface area contributed by atoms with E-state index in [1.54, 1.807) is 0 Å². The Balaban J connectivity index is 1.64. The van der Waals surface area contributed by atoms with E-state index < -0.39 is 0 Å². The first-order valence-corrected chi connectivity index (χ1v) is 10.4. The second-order valence-corrected chi connectivity index (χ2v) is 7.40. The Morgan fingerprint density at radius 1 is 0.677 bits per heavy atom. The van der Waals surface area contributed by atoms with Crippen LogP contribution < -0.4 is 15.2 Å². The molecule has 0 aliphatic rings. The number of aromatic nitrogens is 1. The van der Waals surface area contributed by atoms with Crippen LogP contribution >= 0.6 is 0 Å². The zero-order valence-corrected chi connectivity index (χ0v) is 17.6. The Bertz CT molecular complexity index is 1130. The molecule has 0 amide bonds. The zero-order chi connectivity index (χ0) is 21.5. The second-order valence-electron chi connectivity index (χ2n) is 7.40. The van der Waals surface area contributed by atoms with Crippen molar-refractivity contribution in [1.29, 1.82) is 0 Å². The normalized spacial score (nSPS) is 10.6. The van der Waals surface area contributed by atoms with Gasteiger partial charge in [0.05, 0.1) is 0 Å². The first-order valence-electron chi connectivity index (χ1n) is 10.4. The van der Waals surface area contributed by atoms with E-state index in [-0.39, 0.29) is 0 Å². The average molecular weight is 411 g/mol. The van der Waals surface area contributed by atoms with E-state index in [1.807, 2.05) is 78.9 Å². The van der Waals surface area contributed by atoms with E-state index in [9.17, 15) is 0 Å². The second kappa shape index (κ2) is 9.92. The molecule has 156 valence electrons. The van der Waals surface area contributed by atoms with Gasteiger partial charge in [-0.1, -0.05) is 72.8 Å². The maximum atomic E-state index is 6.18. The van der Waals surface area contributed by atoms with Gasteiger partial charge >= 0.3 is 0 Å². The molecule has 0 unspecified atom stereocenters. The first-order chi connectivity index (χ1) is 15.2. The fourth-order valence-electron chi connectivity index (χ4n) is 3.36. The van der Waals surface area contributed by atoms with Crippen LogP contribution in [0.3, 0.4) is 0 Å².